The summed E-state index contributed by atoms with van der Waals surface area (Å²) in [7, 11) is 0. The molecule has 0 spiro atoms. The van der Waals surface area contributed by atoms with Crippen molar-refractivity contribution in [3.8, 4) is 6.07 Å². The quantitative estimate of drug-likeness (QED) is 0.743. The first-order chi connectivity index (χ1) is 9.40. The Balaban J connectivity index is 2.41. The van der Waals surface area contributed by atoms with Crippen LogP contribution in [0.25, 0.3) is 0 Å². The van der Waals surface area contributed by atoms with E-state index in [1.807, 2.05) is 0 Å². The van der Waals surface area contributed by atoms with Gasteiger partial charge in [-0.1, -0.05) is 23.4 Å². The Morgan fingerprint density at radius 1 is 1.05 bits per heavy atom. The van der Waals surface area contributed by atoms with Crippen LogP contribution < -0.4 is 0 Å². The largest absolute Gasteiger partial charge is 0.417 e. The van der Waals surface area contributed by atoms with E-state index in [9.17, 15) is 13.2 Å². The molecular weight excluding hydrogens is 307 g/mol. The number of nitrogens with zero attached hydrogens (tertiary/aromatic N) is 1. The molecule has 2 aromatic rings. The van der Waals surface area contributed by atoms with Crippen LogP contribution in [0.15, 0.2) is 52.3 Å². The van der Waals surface area contributed by atoms with Crippen molar-refractivity contribution >= 4 is 23.4 Å². The van der Waals surface area contributed by atoms with Crippen LogP contribution in [0.4, 0.5) is 13.2 Å². The van der Waals surface area contributed by atoms with Gasteiger partial charge in [0.25, 0.3) is 0 Å². The Kier molecular flexibility index (Phi) is 4.26. The van der Waals surface area contributed by atoms with Crippen LogP contribution in [-0.2, 0) is 6.18 Å². The van der Waals surface area contributed by atoms with E-state index in [-0.39, 0.29) is 10.5 Å². The van der Waals surface area contributed by atoms with E-state index in [0.717, 1.165) is 17.8 Å². The van der Waals surface area contributed by atoms with Crippen LogP contribution in [0.2, 0.25) is 5.02 Å². The molecule has 0 atom stereocenters. The number of hydrogen-bond donors (Lipinski definition) is 0. The number of rotatable bonds is 2. The maximum absolute atomic E-state index is 13.0. The van der Waals surface area contributed by atoms with Gasteiger partial charge in [0.1, 0.15) is 0 Å². The minimum absolute atomic E-state index is 0.0159. The van der Waals surface area contributed by atoms with Crippen LogP contribution >= 0.6 is 23.4 Å². The van der Waals surface area contributed by atoms with Crippen molar-refractivity contribution < 1.29 is 13.2 Å². The molecular formula is C14H7ClF3NS. The van der Waals surface area contributed by atoms with Gasteiger partial charge in [-0.3, -0.25) is 0 Å². The molecule has 0 saturated heterocycles. The molecule has 0 aliphatic rings. The third-order valence-electron chi connectivity index (χ3n) is 2.46. The van der Waals surface area contributed by atoms with Gasteiger partial charge >= 0.3 is 6.18 Å². The van der Waals surface area contributed by atoms with Gasteiger partial charge in [-0.25, -0.2) is 0 Å². The Bertz CT molecular complexity index is 660. The van der Waals surface area contributed by atoms with E-state index in [1.54, 1.807) is 30.3 Å². The van der Waals surface area contributed by atoms with E-state index in [1.165, 1.54) is 12.1 Å². The van der Waals surface area contributed by atoms with Gasteiger partial charge in [0.2, 0.25) is 0 Å². The van der Waals surface area contributed by atoms with Gasteiger partial charge in [0, 0.05) is 14.8 Å². The van der Waals surface area contributed by atoms with Crippen molar-refractivity contribution in [3.05, 3.63) is 58.6 Å². The summed E-state index contributed by atoms with van der Waals surface area (Å²) in [5, 5.41) is 9.22. The predicted octanol–water partition coefficient (Wildman–Crippen LogP) is 5.38. The fourth-order valence-corrected chi connectivity index (χ4v) is 2.61. The van der Waals surface area contributed by atoms with Crippen molar-refractivity contribution in [3.63, 3.8) is 0 Å². The molecule has 1 nitrogen and oxygen atoms in total. The summed E-state index contributed by atoms with van der Waals surface area (Å²) in [6.07, 6.45) is -4.50. The first-order valence-electron chi connectivity index (χ1n) is 5.45. The minimum Gasteiger partial charge on any atom is -0.192 e. The maximum Gasteiger partial charge on any atom is 0.417 e. The van der Waals surface area contributed by atoms with E-state index < -0.39 is 11.7 Å². The zero-order valence-electron chi connectivity index (χ0n) is 9.91. The zero-order chi connectivity index (χ0) is 14.8. The SMILES string of the molecule is N#Cc1ccc(Sc2ccc(Cl)cc2)c(C(F)(F)F)c1. The summed E-state index contributed by atoms with van der Waals surface area (Å²) in [5.74, 6) is 0. The summed E-state index contributed by atoms with van der Waals surface area (Å²) in [5.41, 5.74) is -0.825. The first kappa shape index (κ1) is 14.8. The fraction of sp³-hybridized carbons (Fsp3) is 0.0714. The molecule has 0 amide bonds. The van der Waals surface area contributed by atoms with E-state index in [4.69, 9.17) is 16.9 Å². The summed E-state index contributed by atoms with van der Waals surface area (Å²) in [6.45, 7) is 0. The molecule has 0 aliphatic carbocycles. The van der Waals surface area contributed by atoms with Gasteiger partial charge in [0.05, 0.1) is 17.2 Å². The van der Waals surface area contributed by atoms with Gasteiger partial charge in [-0.2, -0.15) is 18.4 Å². The highest BCUT2D eigenvalue weighted by molar-refractivity contribution is 7.99. The van der Waals surface area contributed by atoms with Crippen LogP contribution in [0.5, 0.6) is 0 Å². The molecule has 102 valence electrons. The summed E-state index contributed by atoms with van der Waals surface area (Å²) >= 11 is 6.71. The Morgan fingerprint density at radius 3 is 2.25 bits per heavy atom. The molecule has 20 heavy (non-hydrogen) atoms. The molecule has 0 saturated carbocycles. The van der Waals surface area contributed by atoms with Crippen molar-refractivity contribution in [1.29, 1.82) is 5.26 Å². The Labute approximate surface area is 123 Å². The predicted molar refractivity (Wildman–Crippen MR) is 71.7 cm³/mol. The Morgan fingerprint density at radius 2 is 1.70 bits per heavy atom. The minimum atomic E-state index is -4.50. The lowest BCUT2D eigenvalue weighted by molar-refractivity contribution is -0.139. The molecule has 2 aromatic carbocycles. The van der Waals surface area contributed by atoms with Gasteiger partial charge in [-0.15, -0.1) is 0 Å². The molecule has 0 N–H and O–H groups in total. The molecule has 2 rings (SSSR count). The smallest absolute Gasteiger partial charge is 0.192 e. The molecule has 6 heteroatoms. The van der Waals surface area contributed by atoms with Gasteiger partial charge < -0.3 is 0 Å². The second-order valence-corrected chi connectivity index (χ2v) is 5.43. The van der Waals surface area contributed by atoms with Crippen LogP contribution in [0.3, 0.4) is 0 Å². The molecule has 0 fully saturated rings. The summed E-state index contributed by atoms with van der Waals surface area (Å²) in [4.78, 5) is 0.698. The van der Waals surface area contributed by atoms with E-state index in [2.05, 4.69) is 0 Å². The number of halogens is 4. The highest BCUT2D eigenvalue weighted by Gasteiger charge is 2.34. The van der Waals surface area contributed by atoms with Crippen LogP contribution in [0.1, 0.15) is 11.1 Å². The molecule has 0 unspecified atom stereocenters. The van der Waals surface area contributed by atoms with Gasteiger partial charge in [0.15, 0.2) is 0 Å². The number of alkyl halides is 3. The molecule has 0 radical (unpaired) electrons. The maximum atomic E-state index is 13.0. The topological polar surface area (TPSA) is 23.8 Å². The number of benzene rings is 2. The molecule has 0 bridgehead atoms. The first-order valence-corrected chi connectivity index (χ1v) is 6.64. The van der Waals surface area contributed by atoms with Crippen molar-refractivity contribution in [2.75, 3.05) is 0 Å². The lowest BCUT2D eigenvalue weighted by Gasteiger charge is -2.12. The van der Waals surface area contributed by atoms with Crippen molar-refractivity contribution in [2.24, 2.45) is 0 Å². The average Bonchev–Trinajstić information content (AvgIpc) is 2.40. The van der Waals surface area contributed by atoms with E-state index in [0.29, 0.717) is 9.92 Å². The summed E-state index contributed by atoms with van der Waals surface area (Å²) < 4.78 is 39.0. The lowest BCUT2D eigenvalue weighted by Crippen LogP contribution is -2.07. The highest BCUT2D eigenvalue weighted by atomic mass is 35.5. The Hall–Kier alpha value is -1.64. The third-order valence-corrected chi connectivity index (χ3v) is 3.79. The second kappa shape index (κ2) is 5.78. The normalized spacial score (nSPS) is 11.2. The van der Waals surface area contributed by atoms with E-state index >= 15 is 0 Å². The highest BCUT2D eigenvalue weighted by Crippen LogP contribution is 2.40. The monoisotopic (exact) mass is 313 g/mol. The molecule has 0 heterocycles. The van der Waals surface area contributed by atoms with Crippen LogP contribution in [0, 0.1) is 11.3 Å². The lowest BCUT2D eigenvalue weighted by atomic mass is 10.1. The van der Waals surface area contributed by atoms with Crippen molar-refractivity contribution in [1.82, 2.24) is 0 Å². The zero-order valence-corrected chi connectivity index (χ0v) is 11.5. The second-order valence-electron chi connectivity index (χ2n) is 3.88. The van der Waals surface area contributed by atoms with Gasteiger partial charge in [-0.05, 0) is 42.5 Å². The van der Waals surface area contributed by atoms with Crippen molar-refractivity contribution in [2.45, 2.75) is 16.0 Å². The standard InChI is InChI=1S/C14H7ClF3NS/c15-10-2-4-11(5-3-10)20-13-6-1-9(8-19)7-12(13)14(16,17)18/h1-7H. The molecule has 0 aliphatic heterocycles. The van der Waals surface area contributed by atoms with Crippen LogP contribution in [-0.4, -0.2) is 0 Å². The fourth-order valence-electron chi connectivity index (χ4n) is 1.54. The average molecular weight is 314 g/mol. The number of hydrogen-bond acceptors (Lipinski definition) is 2. The summed E-state index contributed by atoms with van der Waals surface area (Å²) in [6, 6.07) is 11.8. The number of nitriles is 1. The molecule has 0 aromatic heterocycles. The third kappa shape index (κ3) is 3.47.